The Bertz CT molecular complexity index is 1100. The van der Waals surface area contributed by atoms with E-state index in [1.165, 1.54) is 0 Å². The van der Waals surface area contributed by atoms with Crippen LogP contribution in [0.15, 0.2) is 50.2 Å². The molecule has 3 rings (SSSR count). The molecule has 1 aliphatic heterocycles. The van der Waals surface area contributed by atoms with Crippen molar-refractivity contribution in [2.24, 2.45) is 0 Å². The number of benzene rings is 2. The van der Waals surface area contributed by atoms with Crippen LogP contribution in [0.5, 0.6) is 5.75 Å². The van der Waals surface area contributed by atoms with Crippen molar-refractivity contribution in [1.29, 1.82) is 0 Å². The fourth-order valence-electron chi connectivity index (χ4n) is 2.83. The van der Waals surface area contributed by atoms with E-state index in [9.17, 15) is 14.4 Å². The predicted molar refractivity (Wildman–Crippen MR) is 136 cm³/mol. The Balaban J connectivity index is 1.72. The van der Waals surface area contributed by atoms with Crippen LogP contribution >= 0.6 is 55.2 Å². The van der Waals surface area contributed by atoms with Crippen LogP contribution in [-0.2, 0) is 20.9 Å². The standard InChI is InChI=1S/C23H20Br2ClNO5S/c1-3-13(2)32-20(28)11-27-22(29)19(33-23(27)30)10-14-8-16(24)21(17(25)9-14)31-12-15-6-4-5-7-18(15)26/h4-10,13H,3,11-12H2,1-2H3/b19-10+/t13-/m1/s1. The third-order valence-electron chi connectivity index (χ3n) is 4.72. The molecule has 2 aromatic rings. The minimum Gasteiger partial charge on any atom is -0.486 e. The van der Waals surface area contributed by atoms with Crippen molar-refractivity contribution >= 4 is 78.4 Å². The van der Waals surface area contributed by atoms with Gasteiger partial charge < -0.3 is 9.47 Å². The number of amides is 2. The molecule has 1 aliphatic rings. The Labute approximate surface area is 217 Å². The van der Waals surface area contributed by atoms with Crippen molar-refractivity contribution in [3.63, 3.8) is 0 Å². The molecule has 10 heteroatoms. The Hall–Kier alpha value is -1.81. The SMILES string of the molecule is CC[C@@H](C)OC(=O)CN1C(=O)S/C(=C/c2cc(Br)c(OCc3ccccc3Cl)c(Br)c2)C1=O. The van der Waals surface area contributed by atoms with E-state index in [1.807, 2.05) is 25.1 Å². The highest BCUT2D eigenvalue weighted by Crippen LogP contribution is 2.38. The van der Waals surface area contributed by atoms with Crippen LogP contribution in [0.3, 0.4) is 0 Å². The van der Waals surface area contributed by atoms with Gasteiger partial charge in [-0.15, -0.1) is 0 Å². The van der Waals surface area contributed by atoms with Crippen molar-refractivity contribution < 1.29 is 23.9 Å². The third-order valence-corrected chi connectivity index (χ3v) is 7.17. The van der Waals surface area contributed by atoms with E-state index in [4.69, 9.17) is 21.1 Å². The molecular formula is C23H20Br2ClNO5S. The first-order valence-electron chi connectivity index (χ1n) is 9.99. The quantitative estimate of drug-likeness (QED) is 0.239. The first kappa shape index (κ1) is 25.8. The molecule has 1 fully saturated rings. The number of hydrogen-bond acceptors (Lipinski definition) is 6. The molecule has 1 saturated heterocycles. The number of carbonyl (C=O) groups is 3. The number of imide groups is 1. The summed E-state index contributed by atoms with van der Waals surface area (Å²) in [5, 5.41) is 0.107. The van der Waals surface area contributed by atoms with E-state index in [-0.39, 0.29) is 17.6 Å². The number of esters is 1. The lowest BCUT2D eigenvalue weighted by atomic mass is 10.2. The summed E-state index contributed by atoms with van der Waals surface area (Å²) in [6, 6.07) is 11.0. The Morgan fingerprint density at radius 1 is 1.21 bits per heavy atom. The zero-order valence-corrected chi connectivity index (χ0v) is 22.5. The van der Waals surface area contributed by atoms with Crippen LogP contribution in [-0.4, -0.2) is 34.7 Å². The summed E-state index contributed by atoms with van der Waals surface area (Å²) in [4.78, 5) is 38.1. The predicted octanol–water partition coefficient (Wildman–Crippen LogP) is 6.82. The van der Waals surface area contributed by atoms with Gasteiger partial charge in [-0.1, -0.05) is 36.7 Å². The van der Waals surface area contributed by atoms with Crippen LogP contribution < -0.4 is 4.74 Å². The first-order valence-corrected chi connectivity index (χ1v) is 12.8. The monoisotopic (exact) mass is 615 g/mol. The van der Waals surface area contributed by atoms with Crippen LogP contribution in [0, 0.1) is 0 Å². The van der Waals surface area contributed by atoms with E-state index in [0.717, 1.165) is 22.2 Å². The van der Waals surface area contributed by atoms with Gasteiger partial charge in [0.15, 0.2) is 0 Å². The number of ether oxygens (including phenoxy) is 2. The smallest absolute Gasteiger partial charge is 0.326 e. The largest absolute Gasteiger partial charge is 0.486 e. The lowest BCUT2D eigenvalue weighted by molar-refractivity contribution is -0.150. The van der Waals surface area contributed by atoms with Gasteiger partial charge in [-0.05, 0) is 86.8 Å². The summed E-state index contributed by atoms with van der Waals surface area (Å²) in [6.45, 7) is 3.50. The second kappa shape index (κ2) is 11.6. The summed E-state index contributed by atoms with van der Waals surface area (Å²) in [7, 11) is 0. The second-order valence-electron chi connectivity index (χ2n) is 7.17. The van der Waals surface area contributed by atoms with Crippen LogP contribution in [0.2, 0.25) is 5.02 Å². The number of thioether (sulfide) groups is 1. The summed E-state index contributed by atoms with van der Waals surface area (Å²) in [6.07, 6.45) is 1.97. The van der Waals surface area contributed by atoms with Crippen molar-refractivity contribution in [2.45, 2.75) is 33.0 Å². The average molecular weight is 618 g/mol. The maximum atomic E-state index is 12.7. The summed E-state index contributed by atoms with van der Waals surface area (Å²) >= 11 is 14.0. The highest BCUT2D eigenvalue weighted by atomic mass is 79.9. The molecule has 1 atom stereocenters. The number of rotatable bonds is 8. The summed E-state index contributed by atoms with van der Waals surface area (Å²) < 4.78 is 12.4. The normalized spacial score (nSPS) is 15.8. The minimum absolute atomic E-state index is 0.222. The van der Waals surface area contributed by atoms with Gasteiger partial charge in [0.1, 0.15) is 18.9 Å². The van der Waals surface area contributed by atoms with Gasteiger partial charge in [-0.25, -0.2) is 0 Å². The second-order valence-corrected chi connectivity index (χ2v) is 10.3. The van der Waals surface area contributed by atoms with Gasteiger partial charge in [0.2, 0.25) is 0 Å². The van der Waals surface area contributed by atoms with Gasteiger partial charge in [0, 0.05) is 10.6 Å². The van der Waals surface area contributed by atoms with Crippen molar-refractivity contribution in [1.82, 2.24) is 4.90 Å². The molecular weight excluding hydrogens is 598 g/mol. The molecule has 0 aliphatic carbocycles. The fourth-order valence-corrected chi connectivity index (χ4v) is 5.31. The molecule has 0 radical (unpaired) electrons. The molecule has 1 heterocycles. The number of nitrogens with zero attached hydrogens (tertiary/aromatic N) is 1. The lowest BCUT2D eigenvalue weighted by Gasteiger charge is -2.15. The van der Waals surface area contributed by atoms with Crippen molar-refractivity contribution in [3.8, 4) is 5.75 Å². The molecule has 6 nitrogen and oxygen atoms in total. The van der Waals surface area contributed by atoms with Crippen LogP contribution in [0.4, 0.5) is 4.79 Å². The van der Waals surface area contributed by atoms with E-state index in [2.05, 4.69) is 31.9 Å². The van der Waals surface area contributed by atoms with E-state index >= 15 is 0 Å². The molecule has 33 heavy (non-hydrogen) atoms. The highest BCUT2D eigenvalue weighted by Gasteiger charge is 2.37. The van der Waals surface area contributed by atoms with Crippen LogP contribution in [0.25, 0.3) is 6.08 Å². The molecule has 0 aromatic heterocycles. The maximum Gasteiger partial charge on any atom is 0.326 e. The summed E-state index contributed by atoms with van der Waals surface area (Å²) in [5.74, 6) is -0.566. The Morgan fingerprint density at radius 2 is 1.88 bits per heavy atom. The fraction of sp³-hybridized carbons (Fsp3) is 0.261. The van der Waals surface area contributed by atoms with Crippen molar-refractivity contribution in [3.05, 3.63) is 66.4 Å². The van der Waals surface area contributed by atoms with Gasteiger partial charge in [0.05, 0.1) is 20.0 Å². The van der Waals surface area contributed by atoms with Gasteiger partial charge in [-0.3, -0.25) is 19.3 Å². The molecule has 174 valence electrons. The first-order chi connectivity index (χ1) is 15.7. The lowest BCUT2D eigenvalue weighted by Crippen LogP contribution is -2.35. The Morgan fingerprint density at radius 3 is 2.52 bits per heavy atom. The maximum absolute atomic E-state index is 12.7. The van der Waals surface area contributed by atoms with Gasteiger partial charge >= 0.3 is 5.97 Å². The molecule has 0 spiro atoms. The van der Waals surface area contributed by atoms with E-state index in [0.29, 0.717) is 31.7 Å². The number of hydrogen-bond donors (Lipinski definition) is 0. The average Bonchev–Trinajstić information content (AvgIpc) is 3.01. The minimum atomic E-state index is -0.613. The molecule has 0 saturated carbocycles. The molecule has 0 bridgehead atoms. The molecule has 0 N–H and O–H groups in total. The molecule has 2 aromatic carbocycles. The zero-order valence-electron chi connectivity index (χ0n) is 17.8. The molecule has 2 amide bonds. The highest BCUT2D eigenvalue weighted by molar-refractivity contribution is 9.11. The number of halogens is 3. The van der Waals surface area contributed by atoms with Crippen LogP contribution in [0.1, 0.15) is 31.4 Å². The summed E-state index contributed by atoms with van der Waals surface area (Å²) in [5.41, 5.74) is 1.52. The number of carbonyl (C=O) groups excluding carboxylic acids is 3. The topological polar surface area (TPSA) is 72.9 Å². The van der Waals surface area contributed by atoms with Crippen molar-refractivity contribution in [2.75, 3.05) is 6.54 Å². The van der Waals surface area contributed by atoms with Gasteiger partial charge in [0.25, 0.3) is 11.1 Å². The third kappa shape index (κ3) is 6.62. The Kier molecular flexibility index (Phi) is 9.03. The van der Waals surface area contributed by atoms with E-state index < -0.39 is 23.7 Å². The zero-order chi connectivity index (χ0) is 24.1. The molecule has 0 unspecified atom stereocenters. The van der Waals surface area contributed by atoms with Gasteiger partial charge in [-0.2, -0.15) is 0 Å². The van der Waals surface area contributed by atoms with E-state index in [1.54, 1.807) is 31.2 Å².